The number of hydrogen-bond donors (Lipinski definition) is 0. The highest BCUT2D eigenvalue weighted by Gasteiger charge is 2.29. The van der Waals surface area contributed by atoms with E-state index in [0.29, 0.717) is 36.6 Å². The first kappa shape index (κ1) is 23.8. The number of ether oxygens (including phenoxy) is 1. The van der Waals surface area contributed by atoms with Crippen molar-refractivity contribution in [2.45, 2.75) is 26.4 Å². The van der Waals surface area contributed by atoms with Gasteiger partial charge in [0, 0.05) is 32.4 Å². The van der Waals surface area contributed by atoms with Crippen molar-refractivity contribution in [1.29, 1.82) is 0 Å². The molecule has 38 heavy (non-hydrogen) atoms. The fraction of sp³-hybridized carbons (Fsp3) is 0.233. The molecule has 3 heterocycles. The van der Waals surface area contributed by atoms with Crippen LogP contribution in [-0.4, -0.2) is 25.2 Å². The zero-order valence-corrected chi connectivity index (χ0v) is 21.4. The lowest BCUT2D eigenvalue weighted by Crippen LogP contribution is -2.40. The van der Waals surface area contributed by atoms with Gasteiger partial charge in [0.2, 0.25) is 5.95 Å². The summed E-state index contributed by atoms with van der Waals surface area (Å²) in [4.78, 5) is 33.8. The number of benzene rings is 3. The van der Waals surface area contributed by atoms with Crippen molar-refractivity contribution in [2.24, 2.45) is 13.0 Å². The first-order valence-electron chi connectivity index (χ1n) is 12.8. The topological polar surface area (TPSA) is 74.3 Å². The van der Waals surface area contributed by atoms with Gasteiger partial charge in [-0.15, -0.1) is 0 Å². The number of anilines is 2. The van der Waals surface area contributed by atoms with E-state index in [0.717, 1.165) is 29.3 Å². The lowest BCUT2D eigenvalue weighted by Gasteiger charge is -2.33. The summed E-state index contributed by atoms with van der Waals surface area (Å²) in [7, 11) is 1.69. The predicted octanol–water partition coefficient (Wildman–Crippen LogP) is 4.72. The molecule has 0 bridgehead atoms. The van der Waals surface area contributed by atoms with Gasteiger partial charge in [0.25, 0.3) is 5.56 Å². The molecule has 5 aromatic rings. The van der Waals surface area contributed by atoms with E-state index in [2.05, 4.69) is 11.8 Å². The van der Waals surface area contributed by atoms with Gasteiger partial charge >= 0.3 is 5.69 Å². The van der Waals surface area contributed by atoms with Crippen LogP contribution in [0.1, 0.15) is 12.5 Å². The van der Waals surface area contributed by atoms with Crippen molar-refractivity contribution in [3.8, 4) is 11.5 Å². The lowest BCUT2D eigenvalue weighted by molar-refractivity contribution is 0.457. The van der Waals surface area contributed by atoms with Crippen LogP contribution in [0.2, 0.25) is 0 Å². The Balaban J connectivity index is 1.37. The minimum Gasteiger partial charge on any atom is -0.457 e. The Labute approximate surface area is 220 Å². The third kappa shape index (κ3) is 4.28. The standard InChI is InChI=1S/C30H29N5O3/c1-21-19-34(23-13-15-25(16-14-23)38-24-11-7-4-8-12-24)29-31-27-26(35(29)20-21)28(36)33(30(37)32(27)2)18-17-22-9-5-3-6-10-22/h3-16,21H,17-20H2,1-2H3/t21-/m1/s1. The van der Waals surface area contributed by atoms with Crippen LogP contribution in [0.3, 0.4) is 0 Å². The summed E-state index contributed by atoms with van der Waals surface area (Å²) in [5, 5.41) is 0. The van der Waals surface area contributed by atoms with Crippen LogP contribution in [0.25, 0.3) is 11.2 Å². The quantitative estimate of drug-likeness (QED) is 0.333. The molecule has 2 aromatic heterocycles. The molecule has 0 saturated carbocycles. The molecular formula is C30H29N5O3. The zero-order chi connectivity index (χ0) is 26.2. The maximum atomic E-state index is 13.7. The van der Waals surface area contributed by atoms with Crippen molar-refractivity contribution in [1.82, 2.24) is 18.7 Å². The Kier molecular flexibility index (Phi) is 6.07. The van der Waals surface area contributed by atoms with Crippen molar-refractivity contribution in [3.63, 3.8) is 0 Å². The maximum Gasteiger partial charge on any atom is 0.332 e. The molecule has 0 aliphatic carbocycles. The molecule has 0 saturated heterocycles. The van der Waals surface area contributed by atoms with Crippen LogP contribution in [0.5, 0.6) is 11.5 Å². The van der Waals surface area contributed by atoms with Crippen molar-refractivity contribution in [3.05, 3.63) is 111 Å². The second-order valence-electron chi connectivity index (χ2n) is 9.85. The number of rotatable bonds is 6. The molecule has 3 aromatic carbocycles. The summed E-state index contributed by atoms with van der Waals surface area (Å²) in [6.07, 6.45) is 0.600. The molecule has 0 radical (unpaired) electrons. The Hall–Kier alpha value is -4.59. The first-order chi connectivity index (χ1) is 18.5. The van der Waals surface area contributed by atoms with E-state index in [1.54, 1.807) is 7.05 Å². The number of fused-ring (bicyclic) bond motifs is 3. The highest BCUT2D eigenvalue weighted by Crippen LogP contribution is 2.34. The second-order valence-corrected chi connectivity index (χ2v) is 9.85. The molecular weight excluding hydrogens is 478 g/mol. The summed E-state index contributed by atoms with van der Waals surface area (Å²) >= 11 is 0. The Morgan fingerprint density at radius 1 is 0.868 bits per heavy atom. The van der Waals surface area contributed by atoms with Crippen LogP contribution >= 0.6 is 0 Å². The van der Waals surface area contributed by atoms with Crippen LogP contribution in [-0.2, 0) is 26.6 Å². The zero-order valence-electron chi connectivity index (χ0n) is 21.4. The van der Waals surface area contributed by atoms with E-state index < -0.39 is 0 Å². The van der Waals surface area contributed by atoms with Crippen LogP contribution in [0.4, 0.5) is 11.6 Å². The molecule has 0 amide bonds. The van der Waals surface area contributed by atoms with Gasteiger partial charge in [0.15, 0.2) is 11.2 Å². The average Bonchev–Trinajstić information content (AvgIpc) is 3.33. The van der Waals surface area contributed by atoms with Crippen LogP contribution in [0.15, 0.2) is 94.5 Å². The van der Waals surface area contributed by atoms with Crippen molar-refractivity contribution < 1.29 is 4.74 Å². The molecule has 8 nitrogen and oxygen atoms in total. The van der Waals surface area contributed by atoms with Gasteiger partial charge in [-0.25, -0.2) is 4.79 Å². The fourth-order valence-corrected chi connectivity index (χ4v) is 5.12. The van der Waals surface area contributed by atoms with Gasteiger partial charge in [-0.1, -0.05) is 55.5 Å². The highest BCUT2D eigenvalue weighted by molar-refractivity contribution is 5.77. The highest BCUT2D eigenvalue weighted by atomic mass is 16.5. The maximum absolute atomic E-state index is 13.7. The smallest absolute Gasteiger partial charge is 0.332 e. The van der Waals surface area contributed by atoms with Gasteiger partial charge in [-0.3, -0.25) is 13.9 Å². The van der Waals surface area contributed by atoms with E-state index in [9.17, 15) is 9.59 Å². The summed E-state index contributed by atoms with van der Waals surface area (Å²) in [5.74, 6) is 2.46. The third-order valence-electron chi connectivity index (χ3n) is 7.04. The lowest BCUT2D eigenvalue weighted by atomic mass is 10.1. The first-order valence-corrected chi connectivity index (χ1v) is 12.8. The molecule has 0 unspecified atom stereocenters. The number of aryl methyl sites for hydroxylation is 2. The van der Waals surface area contributed by atoms with Gasteiger partial charge in [0.1, 0.15) is 11.5 Å². The third-order valence-corrected chi connectivity index (χ3v) is 7.04. The van der Waals surface area contributed by atoms with Crippen LogP contribution < -0.4 is 20.9 Å². The Morgan fingerprint density at radius 2 is 1.53 bits per heavy atom. The number of aromatic nitrogens is 4. The van der Waals surface area contributed by atoms with Gasteiger partial charge < -0.3 is 14.2 Å². The summed E-state index contributed by atoms with van der Waals surface area (Å²) in [5.41, 5.74) is 2.26. The second kappa shape index (κ2) is 9.70. The Bertz CT molecular complexity index is 1700. The van der Waals surface area contributed by atoms with Crippen LogP contribution in [0, 0.1) is 5.92 Å². The molecule has 0 N–H and O–H groups in total. The molecule has 8 heteroatoms. The average molecular weight is 508 g/mol. The number of imidazole rings is 1. The molecule has 1 aliphatic rings. The molecule has 1 aliphatic heterocycles. The van der Waals surface area contributed by atoms with Gasteiger partial charge in [-0.05, 0) is 54.3 Å². The molecule has 0 spiro atoms. The largest absolute Gasteiger partial charge is 0.457 e. The molecule has 0 fully saturated rings. The summed E-state index contributed by atoms with van der Waals surface area (Å²) in [6.45, 7) is 3.88. The van der Waals surface area contributed by atoms with E-state index in [1.807, 2.05) is 89.5 Å². The van der Waals surface area contributed by atoms with Crippen molar-refractivity contribution >= 4 is 22.8 Å². The molecule has 192 valence electrons. The number of hydrogen-bond acceptors (Lipinski definition) is 5. The predicted molar refractivity (Wildman–Crippen MR) is 149 cm³/mol. The van der Waals surface area contributed by atoms with Gasteiger partial charge in [-0.2, -0.15) is 4.98 Å². The minimum absolute atomic E-state index is 0.273. The van der Waals surface area contributed by atoms with E-state index in [4.69, 9.17) is 9.72 Å². The van der Waals surface area contributed by atoms with Gasteiger partial charge in [0.05, 0.1) is 0 Å². The van der Waals surface area contributed by atoms with E-state index in [1.165, 1.54) is 9.13 Å². The SMILES string of the molecule is C[C@@H]1CN(c2ccc(Oc3ccccc3)cc2)c2nc3c(c(=O)n(CCc4ccccc4)c(=O)n3C)n2C1. The van der Waals surface area contributed by atoms with Crippen molar-refractivity contribution in [2.75, 3.05) is 11.4 Å². The monoisotopic (exact) mass is 507 g/mol. The minimum atomic E-state index is -0.351. The molecule has 1 atom stereocenters. The number of nitrogens with zero attached hydrogens (tertiary/aromatic N) is 5. The molecule has 6 rings (SSSR count). The normalized spacial score (nSPS) is 15.0. The fourth-order valence-electron chi connectivity index (χ4n) is 5.12. The summed E-state index contributed by atoms with van der Waals surface area (Å²) in [6, 6.07) is 27.4. The van der Waals surface area contributed by atoms with E-state index >= 15 is 0 Å². The van der Waals surface area contributed by atoms with E-state index in [-0.39, 0.29) is 17.2 Å². The Morgan fingerprint density at radius 3 is 2.24 bits per heavy atom. The number of para-hydroxylation sites is 1. The summed E-state index contributed by atoms with van der Waals surface area (Å²) < 4.78 is 10.8.